The van der Waals surface area contributed by atoms with Crippen LogP contribution in [0.5, 0.6) is 5.88 Å². The maximum absolute atomic E-state index is 10.1. The fourth-order valence-corrected chi connectivity index (χ4v) is 2.48. The quantitative estimate of drug-likeness (QED) is 0.496. The molecular formula is C12H16N4O6. The molecule has 5 atom stereocenters. The Kier molecular flexibility index (Phi) is 3.93. The average Bonchev–Trinajstić information content (AvgIpc) is 2.97. The topological polar surface area (TPSA) is 143 Å². The van der Waals surface area contributed by atoms with Crippen LogP contribution in [0.15, 0.2) is 12.7 Å². The smallest absolute Gasteiger partial charge is 0.245 e. The lowest BCUT2D eigenvalue weighted by Crippen LogP contribution is -2.56. The van der Waals surface area contributed by atoms with Crippen LogP contribution in [0.2, 0.25) is 0 Å². The third kappa shape index (κ3) is 2.21. The van der Waals surface area contributed by atoms with Crippen molar-refractivity contribution in [2.24, 2.45) is 0 Å². The summed E-state index contributed by atoms with van der Waals surface area (Å²) < 4.78 is 11.9. The first-order valence-electron chi connectivity index (χ1n) is 6.60. The van der Waals surface area contributed by atoms with Crippen molar-refractivity contribution in [1.29, 1.82) is 0 Å². The van der Waals surface area contributed by atoms with E-state index in [4.69, 9.17) is 9.47 Å². The maximum Gasteiger partial charge on any atom is 0.245 e. The number of fused-ring (bicyclic) bond motifs is 1. The van der Waals surface area contributed by atoms with Gasteiger partial charge in [-0.2, -0.15) is 4.98 Å². The molecule has 120 valence electrons. The molecule has 1 aliphatic rings. The Hall–Kier alpha value is -1.85. The maximum atomic E-state index is 10.1. The highest BCUT2D eigenvalue weighted by molar-refractivity contribution is 5.75. The number of aliphatic hydroxyl groups excluding tert-OH is 4. The van der Waals surface area contributed by atoms with Crippen LogP contribution in [0.4, 0.5) is 0 Å². The van der Waals surface area contributed by atoms with Gasteiger partial charge in [-0.25, -0.2) is 9.97 Å². The van der Waals surface area contributed by atoms with Crippen molar-refractivity contribution in [2.75, 3.05) is 13.7 Å². The molecule has 10 nitrogen and oxygen atoms in total. The minimum atomic E-state index is -1.47. The molecule has 2 aromatic heterocycles. The molecule has 10 heteroatoms. The van der Waals surface area contributed by atoms with Gasteiger partial charge >= 0.3 is 0 Å². The Bertz CT molecular complexity index is 662. The Morgan fingerprint density at radius 1 is 1.18 bits per heavy atom. The normalized spacial score (nSPS) is 32.3. The van der Waals surface area contributed by atoms with E-state index in [2.05, 4.69) is 15.0 Å². The van der Waals surface area contributed by atoms with E-state index in [1.165, 1.54) is 24.3 Å². The number of ether oxygens (including phenoxy) is 2. The zero-order valence-corrected chi connectivity index (χ0v) is 11.6. The molecule has 0 unspecified atom stereocenters. The van der Waals surface area contributed by atoms with Gasteiger partial charge in [-0.1, -0.05) is 0 Å². The molecule has 0 saturated carbocycles. The Morgan fingerprint density at radius 3 is 2.64 bits per heavy atom. The molecule has 1 fully saturated rings. The summed E-state index contributed by atoms with van der Waals surface area (Å²) in [6, 6.07) is 0. The van der Waals surface area contributed by atoms with E-state index in [1.807, 2.05) is 0 Å². The fourth-order valence-electron chi connectivity index (χ4n) is 2.48. The number of aromatic nitrogens is 4. The summed E-state index contributed by atoms with van der Waals surface area (Å²) in [5.41, 5.74) is 0.693. The lowest BCUT2D eigenvalue weighted by Gasteiger charge is -2.40. The second kappa shape index (κ2) is 5.74. The van der Waals surface area contributed by atoms with Crippen LogP contribution in [0, 0.1) is 0 Å². The van der Waals surface area contributed by atoms with E-state index in [1.54, 1.807) is 0 Å². The van der Waals surface area contributed by atoms with Crippen LogP contribution >= 0.6 is 0 Å². The van der Waals surface area contributed by atoms with Crippen molar-refractivity contribution in [3.63, 3.8) is 0 Å². The largest absolute Gasteiger partial charge is 0.479 e. The van der Waals surface area contributed by atoms with Crippen LogP contribution < -0.4 is 4.74 Å². The molecule has 1 aliphatic heterocycles. The van der Waals surface area contributed by atoms with Gasteiger partial charge in [0.1, 0.15) is 30.7 Å². The summed E-state index contributed by atoms with van der Waals surface area (Å²) in [5, 5.41) is 39.0. The molecule has 0 amide bonds. The zero-order valence-electron chi connectivity index (χ0n) is 11.6. The first-order valence-corrected chi connectivity index (χ1v) is 6.60. The van der Waals surface area contributed by atoms with Gasteiger partial charge < -0.3 is 29.9 Å². The van der Waals surface area contributed by atoms with Gasteiger partial charge in [0.25, 0.3) is 0 Å². The predicted molar refractivity (Wildman–Crippen MR) is 70.9 cm³/mol. The highest BCUT2D eigenvalue weighted by atomic mass is 16.6. The number of nitrogens with zero attached hydrogens (tertiary/aromatic N) is 4. The van der Waals surface area contributed by atoms with Crippen LogP contribution in [0.25, 0.3) is 11.2 Å². The summed E-state index contributed by atoms with van der Waals surface area (Å²) in [7, 11) is 1.44. The van der Waals surface area contributed by atoms with Crippen LogP contribution in [-0.4, -0.2) is 78.1 Å². The van der Waals surface area contributed by atoms with E-state index in [9.17, 15) is 20.4 Å². The first-order chi connectivity index (χ1) is 10.6. The van der Waals surface area contributed by atoms with Crippen LogP contribution in [-0.2, 0) is 4.74 Å². The number of imidazole rings is 1. The molecule has 1 saturated heterocycles. The minimum absolute atomic E-state index is 0.258. The van der Waals surface area contributed by atoms with Crippen LogP contribution in [0.1, 0.15) is 6.23 Å². The highest BCUT2D eigenvalue weighted by Gasteiger charge is 2.44. The Labute approximate surface area is 124 Å². The number of hydrogen-bond acceptors (Lipinski definition) is 9. The summed E-state index contributed by atoms with van der Waals surface area (Å²) in [4.78, 5) is 12.1. The van der Waals surface area contributed by atoms with E-state index < -0.39 is 37.3 Å². The molecule has 2 aromatic rings. The molecule has 0 bridgehead atoms. The SMILES string of the molecule is COc1ncnc2c1ncn2[C@@H]1O[C@H](CO)[C@@H](O)[C@H](O)[C@H]1O. The van der Waals surface area contributed by atoms with Crippen molar-refractivity contribution >= 4 is 11.2 Å². The molecule has 0 aliphatic carbocycles. The van der Waals surface area contributed by atoms with E-state index in [-0.39, 0.29) is 5.88 Å². The van der Waals surface area contributed by atoms with E-state index >= 15 is 0 Å². The first kappa shape index (κ1) is 15.1. The van der Waals surface area contributed by atoms with Gasteiger partial charge in [0.15, 0.2) is 17.4 Å². The Morgan fingerprint density at radius 2 is 1.95 bits per heavy atom. The summed E-state index contributed by atoms with van der Waals surface area (Å²) >= 11 is 0. The van der Waals surface area contributed by atoms with Crippen molar-refractivity contribution in [2.45, 2.75) is 30.6 Å². The molecule has 0 spiro atoms. The van der Waals surface area contributed by atoms with E-state index in [0.717, 1.165) is 0 Å². The molecule has 3 heterocycles. The molecule has 0 aromatic carbocycles. The lowest BCUT2D eigenvalue weighted by molar-refractivity contribution is -0.250. The molecule has 4 N–H and O–H groups in total. The van der Waals surface area contributed by atoms with Crippen molar-refractivity contribution in [3.05, 3.63) is 12.7 Å². The molecule has 0 radical (unpaired) electrons. The summed E-state index contributed by atoms with van der Waals surface area (Å²) in [6.07, 6.45) is -3.77. The summed E-state index contributed by atoms with van der Waals surface area (Å²) in [6.45, 7) is -0.508. The van der Waals surface area contributed by atoms with Gasteiger partial charge in [-0.15, -0.1) is 0 Å². The standard InChI is InChI=1S/C12H16N4O6/c1-21-11-6-10(13-3-14-11)16(4-15-6)12-9(20)8(19)7(18)5(2-17)22-12/h3-5,7-9,12,17-20H,2H2,1H3/t5-,7-,8+,9-,12-/m1/s1. The number of aliphatic hydroxyl groups is 4. The molecule has 3 rings (SSSR count). The van der Waals surface area contributed by atoms with Gasteiger partial charge in [0.05, 0.1) is 20.0 Å². The number of hydrogen-bond donors (Lipinski definition) is 4. The van der Waals surface area contributed by atoms with Crippen molar-refractivity contribution < 1.29 is 29.9 Å². The lowest BCUT2D eigenvalue weighted by atomic mass is 9.98. The summed E-state index contributed by atoms with van der Waals surface area (Å²) in [5.74, 6) is 0.258. The molecular weight excluding hydrogens is 296 g/mol. The minimum Gasteiger partial charge on any atom is -0.479 e. The highest BCUT2D eigenvalue weighted by Crippen LogP contribution is 2.31. The second-order valence-electron chi connectivity index (χ2n) is 4.93. The molecule has 22 heavy (non-hydrogen) atoms. The predicted octanol–water partition coefficient (Wildman–Crippen LogP) is -2.19. The Balaban J connectivity index is 2.03. The van der Waals surface area contributed by atoms with Gasteiger partial charge in [0.2, 0.25) is 5.88 Å². The van der Waals surface area contributed by atoms with E-state index in [0.29, 0.717) is 11.2 Å². The number of rotatable bonds is 3. The van der Waals surface area contributed by atoms with Crippen LogP contribution in [0.3, 0.4) is 0 Å². The van der Waals surface area contributed by atoms with Gasteiger partial charge in [-0.05, 0) is 0 Å². The second-order valence-corrected chi connectivity index (χ2v) is 4.93. The third-order valence-corrected chi connectivity index (χ3v) is 3.66. The van der Waals surface area contributed by atoms with Crippen molar-refractivity contribution in [1.82, 2.24) is 19.5 Å². The average molecular weight is 312 g/mol. The zero-order chi connectivity index (χ0) is 15.9. The van der Waals surface area contributed by atoms with Gasteiger partial charge in [-0.3, -0.25) is 4.57 Å². The number of methoxy groups -OCH3 is 1. The van der Waals surface area contributed by atoms with Gasteiger partial charge in [0, 0.05) is 0 Å². The van der Waals surface area contributed by atoms with Crippen molar-refractivity contribution in [3.8, 4) is 5.88 Å². The fraction of sp³-hybridized carbons (Fsp3) is 0.583. The third-order valence-electron chi connectivity index (χ3n) is 3.66. The monoisotopic (exact) mass is 312 g/mol.